The number of nitrogens with zero attached hydrogens (tertiary/aromatic N) is 1. The quantitative estimate of drug-likeness (QED) is 0.722. The van der Waals surface area contributed by atoms with Crippen molar-refractivity contribution in [1.29, 1.82) is 0 Å². The summed E-state index contributed by atoms with van der Waals surface area (Å²) in [7, 11) is 0. The fourth-order valence-corrected chi connectivity index (χ4v) is 7.30. The summed E-state index contributed by atoms with van der Waals surface area (Å²) in [6.45, 7) is 3.02. The summed E-state index contributed by atoms with van der Waals surface area (Å²) in [5.74, 6) is 2.12. The first kappa shape index (κ1) is 13.6. The Labute approximate surface area is 129 Å². The lowest BCUT2D eigenvalue weighted by Crippen LogP contribution is -2.54. The smallest absolute Gasteiger partial charge is 0.223 e. The van der Waals surface area contributed by atoms with E-state index in [-0.39, 0.29) is 0 Å². The molecule has 4 heteroatoms. The lowest BCUT2D eigenvalue weighted by Gasteiger charge is -2.60. The minimum absolute atomic E-state index is 0.309. The molecule has 3 nitrogen and oxygen atoms in total. The summed E-state index contributed by atoms with van der Waals surface area (Å²) in [6, 6.07) is 0. The number of morpholine rings is 1. The highest BCUT2D eigenvalue weighted by molar-refractivity contribution is 9.10. The molecule has 0 aromatic carbocycles. The van der Waals surface area contributed by atoms with Gasteiger partial charge in [-0.25, -0.2) is 0 Å². The summed E-state index contributed by atoms with van der Waals surface area (Å²) in [4.78, 5) is 14.7. The van der Waals surface area contributed by atoms with Crippen LogP contribution in [0.4, 0.5) is 0 Å². The molecule has 112 valence electrons. The van der Waals surface area contributed by atoms with Gasteiger partial charge in [-0.3, -0.25) is 4.79 Å². The van der Waals surface area contributed by atoms with Crippen LogP contribution in [0.3, 0.4) is 0 Å². The maximum atomic E-state index is 12.6. The number of carbonyl (C=O) groups is 1. The molecule has 1 heterocycles. The molecule has 0 spiro atoms. The van der Waals surface area contributed by atoms with Crippen LogP contribution in [0.15, 0.2) is 0 Å². The first-order valence-corrected chi connectivity index (χ1v) is 8.90. The summed E-state index contributed by atoms with van der Waals surface area (Å²) < 4.78 is 5.72. The number of ether oxygens (including phenoxy) is 1. The molecule has 5 fully saturated rings. The summed E-state index contributed by atoms with van der Waals surface area (Å²) in [6.07, 6.45) is 8.71. The minimum Gasteiger partial charge on any atom is -0.378 e. The third-order valence-electron chi connectivity index (χ3n) is 6.00. The molecular weight excluding hydrogens is 318 g/mol. The van der Waals surface area contributed by atoms with Crippen molar-refractivity contribution in [3.05, 3.63) is 0 Å². The van der Waals surface area contributed by atoms with E-state index in [9.17, 15) is 4.79 Å². The second kappa shape index (κ2) is 4.70. The van der Waals surface area contributed by atoms with Crippen LogP contribution in [0.25, 0.3) is 0 Å². The molecule has 20 heavy (non-hydrogen) atoms. The molecule has 5 aliphatic rings. The van der Waals surface area contributed by atoms with E-state index in [1.807, 2.05) is 4.90 Å². The highest BCUT2D eigenvalue weighted by atomic mass is 79.9. The van der Waals surface area contributed by atoms with Gasteiger partial charge in [-0.2, -0.15) is 0 Å². The Kier molecular flexibility index (Phi) is 3.19. The largest absolute Gasteiger partial charge is 0.378 e. The van der Waals surface area contributed by atoms with Gasteiger partial charge in [0.05, 0.1) is 13.2 Å². The molecule has 0 aromatic rings. The molecule has 0 aromatic heterocycles. The molecular formula is C16H24BrNO2. The second-order valence-electron chi connectivity index (χ2n) is 7.78. The van der Waals surface area contributed by atoms with Crippen LogP contribution in [0.1, 0.15) is 44.9 Å². The number of amides is 1. The Morgan fingerprint density at radius 2 is 1.80 bits per heavy atom. The molecule has 0 radical (unpaired) electrons. The van der Waals surface area contributed by atoms with Crippen molar-refractivity contribution in [1.82, 2.24) is 4.90 Å². The van der Waals surface area contributed by atoms with Gasteiger partial charge < -0.3 is 9.64 Å². The van der Waals surface area contributed by atoms with Crippen LogP contribution in [0.5, 0.6) is 0 Å². The van der Waals surface area contributed by atoms with E-state index in [2.05, 4.69) is 15.9 Å². The topological polar surface area (TPSA) is 29.5 Å². The van der Waals surface area contributed by atoms with Crippen molar-refractivity contribution in [2.24, 2.45) is 17.3 Å². The lowest BCUT2D eigenvalue weighted by molar-refractivity contribution is -0.142. The van der Waals surface area contributed by atoms with Gasteiger partial charge >= 0.3 is 0 Å². The molecule has 4 aliphatic carbocycles. The first-order chi connectivity index (χ1) is 9.56. The SMILES string of the molecule is O=C(CC12C[C@H]3C[C@@H](CC(Br)(C3)C1)C2)N1CCOCC1. The standard InChI is InChI=1S/C16H24BrNO2/c17-16-8-12-5-13(9-16)7-15(6-12,11-16)10-14(19)18-1-3-20-4-2-18/h12-13H,1-11H2/t12-,13-,15?,16?/m1/s1. The van der Waals surface area contributed by atoms with Gasteiger partial charge in [-0.05, 0) is 55.8 Å². The van der Waals surface area contributed by atoms with Gasteiger partial charge in [-0.1, -0.05) is 15.9 Å². The zero-order chi connectivity index (χ0) is 13.8. The van der Waals surface area contributed by atoms with Crippen LogP contribution in [-0.4, -0.2) is 41.4 Å². The summed E-state index contributed by atoms with van der Waals surface area (Å²) in [5, 5.41) is 0. The van der Waals surface area contributed by atoms with E-state index in [1.54, 1.807) is 0 Å². The Bertz CT molecular complexity index is 405. The fraction of sp³-hybridized carbons (Fsp3) is 0.938. The average Bonchev–Trinajstić information content (AvgIpc) is 2.36. The van der Waals surface area contributed by atoms with Crippen LogP contribution < -0.4 is 0 Å². The van der Waals surface area contributed by atoms with E-state index in [0.717, 1.165) is 31.3 Å². The third kappa shape index (κ3) is 2.33. The van der Waals surface area contributed by atoms with Gasteiger partial charge in [0.25, 0.3) is 0 Å². The zero-order valence-corrected chi connectivity index (χ0v) is 13.7. The van der Waals surface area contributed by atoms with Gasteiger partial charge in [0.2, 0.25) is 5.91 Å². The molecule has 1 saturated heterocycles. The number of alkyl halides is 1. The second-order valence-corrected chi connectivity index (χ2v) is 9.46. The zero-order valence-electron chi connectivity index (χ0n) is 12.1. The van der Waals surface area contributed by atoms with E-state index in [0.29, 0.717) is 28.9 Å². The number of hydrogen-bond donors (Lipinski definition) is 0. The van der Waals surface area contributed by atoms with E-state index < -0.39 is 0 Å². The summed E-state index contributed by atoms with van der Waals surface area (Å²) >= 11 is 4.03. The normalized spacial score (nSPS) is 46.8. The van der Waals surface area contributed by atoms with Crippen molar-refractivity contribution in [2.45, 2.75) is 49.3 Å². The number of rotatable bonds is 2. The summed E-state index contributed by atoms with van der Waals surface area (Å²) in [5.41, 5.74) is 0.309. The Hall–Kier alpha value is -0.0900. The Balaban J connectivity index is 1.49. The van der Waals surface area contributed by atoms with Gasteiger partial charge in [0.15, 0.2) is 0 Å². The third-order valence-corrected chi connectivity index (χ3v) is 6.93. The predicted octanol–water partition coefficient (Wildman–Crippen LogP) is 2.97. The molecule has 2 atom stereocenters. The van der Waals surface area contributed by atoms with Crippen molar-refractivity contribution in [2.75, 3.05) is 26.3 Å². The van der Waals surface area contributed by atoms with Gasteiger partial charge in [0.1, 0.15) is 0 Å². The fourth-order valence-electron chi connectivity index (χ4n) is 5.79. The van der Waals surface area contributed by atoms with Crippen molar-refractivity contribution in [3.63, 3.8) is 0 Å². The molecule has 4 bridgehead atoms. The highest BCUT2D eigenvalue weighted by Crippen LogP contribution is 2.65. The van der Waals surface area contributed by atoms with Gasteiger partial charge in [0, 0.05) is 23.8 Å². The maximum Gasteiger partial charge on any atom is 0.223 e. The first-order valence-electron chi connectivity index (χ1n) is 8.10. The number of carbonyl (C=O) groups excluding carboxylic acids is 1. The molecule has 1 aliphatic heterocycles. The van der Waals surface area contributed by atoms with Gasteiger partial charge in [-0.15, -0.1) is 0 Å². The number of hydrogen-bond acceptors (Lipinski definition) is 2. The van der Waals surface area contributed by atoms with E-state index in [1.165, 1.54) is 38.5 Å². The van der Waals surface area contributed by atoms with Crippen molar-refractivity contribution in [3.8, 4) is 0 Å². The molecule has 0 N–H and O–H groups in total. The lowest BCUT2D eigenvalue weighted by atomic mass is 9.48. The van der Waals surface area contributed by atoms with Crippen molar-refractivity contribution >= 4 is 21.8 Å². The van der Waals surface area contributed by atoms with Crippen LogP contribution >= 0.6 is 15.9 Å². The molecule has 5 rings (SSSR count). The highest BCUT2D eigenvalue weighted by Gasteiger charge is 2.57. The Morgan fingerprint density at radius 3 is 2.40 bits per heavy atom. The molecule has 4 saturated carbocycles. The van der Waals surface area contributed by atoms with Crippen LogP contribution in [0, 0.1) is 17.3 Å². The number of halogens is 1. The average molecular weight is 342 g/mol. The van der Waals surface area contributed by atoms with E-state index in [4.69, 9.17) is 4.74 Å². The maximum absolute atomic E-state index is 12.6. The Morgan fingerprint density at radius 1 is 1.15 bits per heavy atom. The van der Waals surface area contributed by atoms with E-state index >= 15 is 0 Å². The van der Waals surface area contributed by atoms with Crippen LogP contribution in [0.2, 0.25) is 0 Å². The van der Waals surface area contributed by atoms with Crippen molar-refractivity contribution < 1.29 is 9.53 Å². The van der Waals surface area contributed by atoms with Crippen LogP contribution in [-0.2, 0) is 9.53 Å². The minimum atomic E-state index is 0.309. The molecule has 0 unspecified atom stereocenters. The molecule has 1 amide bonds. The predicted molar refractivity (Wildman–Crippen MR) is 80.8 cm³/mol. The monoisotopic (exact) mass is 341 g/mol.